The Labute approximate surface area is 131 Å². The fourth-order valence-corrected chi connectivity index (χ4v) is 2.25. The summed E-state index contributed by atoms with van der Waals surface area (Å²) in [5.41, 5.74) is -0.791. The average Bonchev–Trinajstić information content (AvgIpc) is 2.56. The van der Waals surface area contributed by atoms with Gasteiger partial charge in [-0.3, -0.25) is 14.4 Å². The van der Waals surface area contributed by atoms with Crippen molar-refractivity contribution in [3.05, 3.63) is 34.1 Å². The molecule has 0 unspecified atom stereocenters. The van der Waals surface area contributed by atoms with E-state index < -0.39 is 35.3 Å². The van der Waals surface area contributed by atoms with Gasteiger partial charge in [0.2, 0.25) is 0 Å². The van der Waals surface area contributed by atoms with E-state index in [-0.39, 0.29) is 5.39 Å². The molecule has 0 aliphatic heterocycles. The number of esters is 1. The first-order chi connectivity index (χ1) is 10.9. The van der Waals surface area contributed by atoms with Crippen LogP contribution in [0, 0.1) is 0 Å². The highest BCUT2D eigenvalue weighted by Crippen LogP contribution is 2.31. The summed E-state index contributed by atoms with van der Waals surface area (Å²) in [6.07, 6.45) is 0. The molecule has 0 atom stereocenters. The Hall–Kier alpha value is -3.03. The summed E-state index contributed by atoms with van der Waals surface area (Å²) in [7, 11) is 4.07. The van der Waals surface area contributed by atoms with Crippen molar-refractivity contribution in [2.75, 3.05) is 20.8 Å². The van der Waals surface area contributed by atoms with E-state index in [4.69, 9.17) is 4.74 Å². The molecule has 2 N–H and O–H groups in total. The molecule has 1 heterocycles. The van der Waals surface area contributed by atoms with Crippen LogP contribution in [0.25, 0.3) is 10.9 Å². The third kappa shape index (κ3) is 2.83. The molecule has 23 heavy (non-hydrogen) atoms. The Morgan fingerprint density at radius 3 is 2.61 bits per heavy atom. The summed E-state index contributed by atoms with van der Waals surface area (Å²) in [6, 6.07) is 4.82. The van der Waals surface area contributed by atoms with Gasteiger partial charge < -0.3 is 24.5 Å². The molecule has 0 aliphatic rings. The van der Waals surface area contributed by atoms with Gasteiger partial charge >= 0.3 is 5.97 Å². The van der Waals surface area contributed by atoms with Crippen LogP contribution in [0.3, 0.4) is 0 Å². The molecular weight excluding hydrogens is 304 g/mol. The van der Waals surface area contributed by atoms with E-state index in [9.17, 15) is 19.5 Å². The van der Waals surface area contributed by atoms with Crippen molar-refractivity contribution in [3.8, 4) is 11.5 Å². The number of carbonyl (C=O) groups is 2. The van der Waals surface area contributed by atoms with Crippen LogP contribution in [-0.2, 0) is 16.6 Å². The maximum Gasteiger partial charge on any atom is 0.325 e. The van der Waals surface area contributed by atoms with E-state index in [1.165, 1.54) is 25.8 Å². The van der Waals surface area contributed by atoms with Crippen LogP contribution in [0.4, 0.5) is 0 Å². The summed E-state index contributed by atoms with van der Waals surface area (Å²) in [5.74, 6) is -1.61. The Morgan fingerprint density at radius 1 is 1.30 bits per heavy atom. The molecule has 1 aromatic heterocycles. The second kappa shape index (κ2) is 6.39. The lowest BCUT2D eigenvalue weighted by Crippen LogP contribution is -2.35. The zero-order valence-corrected chi connectivity index (χ0v) is 12.9. The number of hydrogen-bond acceptors (Lipinski definition) is 6. The predicted octanol–water partition coefficient (Wildman–Crippen LogP) is 0.155. The first-order valence-electron chi connectivity index (χ1n) is 6.66. The van der Waals surface area contributed by atoms with Gasteiger partial charge in [-0.25, -0.2) is 0 Å². The molecule has 0 fully saturated rings. The zero-order chi connectivity index (χ0) is 17.1. The number of aromatic nitrogens is 1. The molecular formula is C15H16N2O6. The number of rotatable bonds is 4. The van der Waals surface area contributed by atoms with Crippen LogP contribution < -0.4 is 15.6 Å². The number of pyridine rings is 1. The number of fused-ring (bicyclic) bond motifs is 1. The zero-order valence-electron chi connectivity index (χ0n) is 12.9. The number of aryl methyl sites for hydroxylation is 1. The molecule has 0 bridgehead atoms. The molecule has 0 spiro atoms. The molecule has 1 amide bonds. The van der Waals surface area contributed by atoms with Crippen LogP contribution in [0.15, 0.2) is 23.0 Å². The smallest absolute Gasteiger partial charge is 0.325 e. The maximum absolute atomic E-state index is 12.4. The second-order valence-electron chi connectivity index (χ2n) is 4.70. The van der Waals surface area contributed by atoms with Crippen molar-refractivity contribution in [1.29, 1.82) is 0 Å². The number of methoxy groups -OCH3 is 2. The third-order valence-corrected chi connectivity index (χ3v) is 3.41. The molecule has 1 aromatic carbocycles. The van der Waals surface area contributed by atoms with Crippen molar-refractivity contribution < 1.29 is 24.2 Å². The summed E-state index contributed by atoms with van der Waals surface area (Å²) in [4.78, 5) is 35.6. The molecule has 0 aliphatic carbocycles. The van der Waals surface area contributed by atoms with Crippen molar-refractivity contribution in [3.63, 3.8) is 0 Å². The quantitative estimate of drug-likeness (QED) is 0.777. The van der Waals surface area contributed by atoms with Crippen molar-refractivity contribution in [1.82, 2.24) is 9.88 Å². The van der Waals surface area contributed by atoms with Crippen molar-refractivity contribution in [2.24, 2.45) is 7.05 Å². The molecule has 122 valence electrons. The Morgan fingerprint density at radius 2 is 2.00 bits per heavy atom. The number of nitrogens with zero attached hydrogens (tertiary/aromatic N) is 1. The van der Waals surface area contributed by atoms with Crippen molar-refractivity contribution in [2.45, 2.75) is 0 Å². The number of amides is 1. The summed E-state index contributed by atoms with van der Waals surface area (Å²) < 4.78 is 10.8. The van der Waals surface area contributed by atoms with Crippen LogP contribution in [0.5, 0.6) is 11.5 Å². The number of hydrogen-bond donors (Lipinski definition) is 2. The van der Waals surface area contributed by atoms with Gasteiger partial charge in [0.1, 0.15) is 23.6 Å². The van der Waals surface area contributed by atoms with E-state index in [0.29, 0.717) is 11.3 Å². The molecule has 0 radical (unpaired) electrons. The summed E-state index contributed by atoms with van der Waals surface area (Å²) in [5, 5.41) is 12.8. The average molecular weight is 320 g/mol. The highest BCUT2D eigenvalue weighted by atomic mass is 16.5. The van der Waals surface area contributed by atoms with Crippen LogP contribution in [0.1, 0.15) is 10.4 Å². The van der Waals surface area contributed by atoms with Gasteiger partial charge in [0.15, 0.2) is 0 Å². The predicted molar refractivity (Wildman–Crippen MR) is 81.8 cm³/mol. The minimum Gasteiger partial charge on any atom is -0.506 e. The van der Waals surface area contributed by atoms with Gasteiger partial charge in [-0.15, -0.1) is 0 Å². The highest BCUT2D eigenvalue weighted by Gasteiger charge is 2.23. The normalized spacial score (nSPS) is 10.4. The Balaban J connectivity index is 2.60. The van der Waals surface area contributed by atoms with Gasteiger partial charge in [0.05, 0.1) is 19.7 Å². The molecule has 2 rings (SSSR count). The Kier molecular flexibility index (Phi) is 4.54. The van der Waals surface area contributed by atoms with Crippen LogP contribution in [-0.4, -0.2) is 42.3 Å². The number of ether oxygens (including phenoxy) is 2. The maximum atomic E-state index is 12.4. The standard InChI is InChI=1S/C15H16N2O6/c1-17-12-8(5-4-6-9(12)22-2)13(19)11(15(17)21)14(20)16-7-10(18)23-3/h4-6,19H,7H2,1-3H3,(H,16,20). The van der Waals surface area contributed by atoms with E-state index >= 15 is 0 Å². The van der Waals surface area contributed by atoms with Crippen LogP contribution in [0.2, 0.25) is 0 Å². The van der Waals surface area contributed by atoms with Crippen LogP contribution >= 0.6 is 0 Å². The van der Waals surface area contributed by atoms with Gasteiger partial charge in [0, 0.05) is 12.4 Å². The number of carbonyl (C=O) groups excluding carboxylic acids is 2. The first kappa shape index (κ1) is 16.3. The van der Waals surface area contributed by atoms with E-state index in [0.717, 1.165) is 0 Å². The van der Waals surface area contributed by atoms with Gasteiger partial charge in [0.25, 0.3) is 11.5 Å². The Bertz CT molecular complexity index is 840. The van der Waals surface area contributed by atoms with Gasteiger partial charge in [-0.05, 0) is 12.1 Å². The topological polar surface area (TPSA) is 107 Å². The molecule has 8 heteroatoms. The minimum absolute atomic E-state index is 0.287. The molecule has 0 saturated carbocycles. The fraction of sp³-hybridized carbons (Fsp3) is 0.267. The lowest BCUT2D eigenvalue weighted by atomic mass is 10.1. The van der Waals surface area contributed by atoms with Crippen molar-refractivity contribution >= 4 is 22.8 Å². The third-order valence-electron chi connectivity index (χ3n) is 3.41. The fourth-order valence-electron chi connectivity index (χ4n) is 2.25. The summed E-state index contributed by atoms with van der Waals surface area (Å²) >= 11 is 0. The highest BCUT2D eigenvalue weighted by molar-refractivity contribution is 6.04. The number of aromatic hydroxyl groups is 1. The minimum atomic E-state index is -0.863. The molecule has 2 aromatic rings. The first-order valence-corrected chi connectivity index (χ1v) is 6.66. The van der Waals surface area contributed by atoms with Gasteiger partial charge in [-0.2, -0.15) is 0 Å². The monoisotopic (exact) mass is 320 g/mol. The lowest BCUT2D eigenvalue weighted by molar-refractivity contribution is -0.139. The number of benzene rings is 1. The molecule has 8 nitrogen and oxygen atoms in total. The SMILES string of the molecule is COC(=O)CNC(=O)c1c(O)c2cccc(OC)c2n(C)c1=O. The largest absolute Gasteiger partial charge is 0.506 e. The van der Waals surface area contributed by atoms with E-state index in [1.807, 2.05) is 0 Å². The molecule has 0 saturated heterocycles. The van der Waals surface area contributed by atoms with E-state index in [1.54, 1.807) is 18.2 Å². The number of nitrogens with one attached hydrogen (secondary N) is 1. The summed E-state index contributed by atoms with van der Waals surface area (Å²) in [6.45, 7) is -0.409. The number of para-hydroxylation sites is 1. The van der Waals surface area contributed by atoms with E-state index in [2.05, 4.69) is 10.1 Å². The van der Waals surface area contributed by atoms with Gasteiger partial charge in [-0.1, -0.05) is 6.07 Å². The lowest BCUT2D eigenvalue weighted by Gasteiger charge is -2.14. The second-order valence-corrected chi connectivity index (χ2v) is 4.70.